The summed E-state index contributed by atoms with van der Waals surface area (Å²) in [5.41, 5.74) is 3.10. The number of amides is 2. The molecule has 4 rings (SSSR count). The minimum atomic E-state index is -0.579. The van der Waals surface area contributed by atoms with E-state index in [1.54, 1.807) is 24.3 Å². The Labute approximate surface area is 189 Å². The van der Waals surface area contributed by atoms with E-state index in [4.69, 9.17) is 9.47 Å². The molecule has 7 nitrogen and oxygen atoms in total. The molecule has 2 aliphatic heterocycles. The predicted octanol–water partition coefficient (Wildman–Crippen LogP) is 3.93. The third-order valence-electron chi connectivity index (χ3n) is 5.57. The Morgan fingerprint density at radius 2 is 1.84 bits per heavy atom. The number of carbonyl (C=O) groups is 2. The number of fused-ring (bicyclic) bond motifs is 1. The smallest absolute Gasteiger partial charge is 0.412 e. The van der Waals surface area contributed by atoms with Crippen LogP contribution in [-0.4, -0.2) is 60.2 Å². The zero-order valence-corrected chi connectivity index (χ0v) is 19.0. The number of ether oxygens (including phenoxy) is 2. The van der Waals surface area contributed by atoms with Gasteiger partial charge in [0.1, 0.15) is 11.4 Å². The molecule has 2 aromatic rings. The molecule has 0 aromatic heterocycles. The number of carbonyl (C=O) groups excluding carboxylic acids is 2. The lowest BCUT2D eigenvalue weighted by Gasteiger charge is -2.35. The van der Waals surface area contributed by atoms with E-state index in [-0.39, 0.29) is 5.91 Å². The molecule has 1 fully saturated rings. The standard InChI is InChI=1S/C25H31N3O4/c1-25(2,3)32-24(30)26-21-6-4-5-20(16-21)23(29)28-12-10-27(11-13-28)17-18-7-8-22-19(15-18)9-14-31-22/h4-8,15-16H,9-14,17H2,1-3H3,(H,26,30). The number of piperazine rings is 1. The molecular formula is C25H31N3O4. The van der Waals surface area contributed by atoms with Crippen LogP contribution in [0.15, 0.2) is 42.5 Å². The van der Waals surface area contributed by atoms with Gasteiger partial charge in [-0.2, -0.15) is 0 Å². The Morgan fingerprint density at radius 3 is 2.59 bits per heavy atom. The fourth-order valence-corrected chi connectivity index (χ4v) is 4.04. The lowest BCUT2D eigenvalue weighted by atomic mass is 10.1. The zero-order chi connectivity index (χ0) is 22.7. The van der Waals surface area contributed by atoms with Gasteiger partial charge in [-0.1, -0.05) is 18.2 Å². The van der Waals surface area contributed by atoms with Gasteiger partial charge in [-0.15, -0.1) is 0 Å². The van der Waals surface area contributed by atoms with Gasteiger partial charge in [0.15, 0.2) is 0 Å². The average molecular weight is 438 g/mol. The molecule has 2 aromatic carbocycles. The first kappa shape index (κ1) is 22.1. The second-order valence-electron chi connectivity index (χ2n) is 9.32. The molecule has 1 saturated heterocycles. The predicted molar refractivity (Wildman–Crippen MR) is 123 cm³/mol. The molecular weight excluding hydrogens is 406 g/mol. The topological polar surface area (TPSA) is 71.1 Å². The van der Waals surface area contributed by atoms with Crippen molar-refractivity contribution in [2.45, 2.75) is 39.3 Å². The van der Waals surface area contributed by atoms with Crippen molar-refractivity contribution in [1.29, 1.82) is 0 Å². The summed E-state index contributed by atoms with van der Waals surface area (Å²) < 4.78 is 10.9. The van der Waals surface area contributed by atoms with E-state index in [2.05, 4.69) is 28.4 Å². The molecule has 0 atom stereocenters. The van der Waals surface area contributed by atoms with Crippen LogP contribution in [0.5, 0.6) is 5.75 Å². The van der Waals surface area contributed by atoms with E-state index < -0.39 is 11.7 Å². The fraction of sp³-hybridized carbons (Fsp3) is 0.440. The largest absolute Gasteiger partial charge is 0.493 e. The summed E-state index contributed by atoms with van der Waals surface area (Å²) in [6.07, 6.45) is 0.446. The van der Waals surface area contributed by atoms with Crippen LogP contribution in [0.4, 0.5) is 10.5 Å². The Kier molecular flexibility index (Phi) is 6.37. The quantitative estimate of drug-likeness (QED) is 0.785. The molecule has 0 radical (unpaired) electrons. The van der Waals surface area contributed by atoms with Crippen LogP contribution >= 0.6 is 0 Å². The number of hydrogen-bond donors (Lipinski definition) is 1. The lowest BCUT2D eigenvalue weighted by Crippen LogP contribution is -2.48. The van der Waals surface area contributed by atoms with Crippen LogP contribution in [0.2, 0.25) is 0 Å². The van der Waals surface area contributed by atoms with Crippen molar-refractivity contribution in [2.75, 3.05) is 38.1 Å². The maximum atomic E-state index is 13.0. The maximum Gasteiger partial charge on any atom is 0.412 e. The molecule has 170 valence electrons. The van der Waals surface area contributed by atoms with Gasteiger partial charge < -0.3 is 14.4 Å². The van der Waals surface area contributed by atoms with Crippen LogP contribution in [0.25, 0.3) is 0 Å². The van der Waals surface area contributed by atoms with E-state index in [0.717, 1.165) is 38.4 Å². The molecule has 0 aliphatic carbocycles. The van der Waals surface area contributed by atoms with Crippen molar-refractivity contribution in [2.24, 2.45) is 0 Å². The Bertz CT molecular complexity index is 991. The Hall–Kier alpha value is -3.06. The highest BCUT2D eigenvalue weighted by Gasteiger charge is 2.23. The SMILES string of the molecule is CC(C)(C)OC(=O)Nc1cccc(C(=O)N2CCN(Cc3ccc4c(c3)CCO4)CC2)c1. The first-order valence-corrected chi connectivity index (χ1v) is 11.1. The third kappa shape index (κ3) is 5.59. The first-order chi connectivity index (χ1) is 15.3. The number of anilines is 1. The summed E-state index contributed by atoms with van der Waals surface area (Å²) in [4.78, 5) is 29.3. The highest BCUT2D eigenvalue weighted by atomic mass is 16.6. The molecule has 32 heavy (non-hydrogen) atoms. The summed E-state index contributed by atoms with van der Waals surface area (Å²) in [7, 11) is 0. The third-order valence-corrected chi connectivity index (χ3v) is 5.57. The molecule has 1 N–H and O–H groups in total. The van der Waals surface area contributed by atoms with Gasteiger partial charge in [-0.25, -0.2) is 4.79 Å². The number of rotatable bonds is 4. The molecule has 2 heterocycles. The highest BCUT2D eigenvalue weighted by Crippen LogP contribution is 2.26. The van der Waals surface area contributed by atoms with Crippen molar-refractivity contribution in [3.8, 4) is 5.75 Å². The molecule has 2 amide bonds. The first-order valence-electron chi connectivity index (χ1n) is 11.1. The maximum absolute atomic E-state index is 13.0. The van der Waals surface area contributed by atoms with Crippen LogP contribution in [-0.2, 0) is 17.7 Å². The summed E-state index contributed by atoms with van der Waals surface area (Å²) in [5.74, 6) is 0.986. The van der Waals surface area contributed by atoms with E-state index in [1.165, 1.54) is 11.1 Å². The second kappa shape index (κ2) is 9.20. The monoisotopic (exact) mass is 437 g/mol. The van der Waals surface area contributed by atoms with Crippen molar-refractivity contribution >= 4 is 17.7 Å². The Morgan fingerprint density at radius 1 is 1.06 bits per heavy atom. The highest BCUT2D eigenvalue weighted by molar-refractivity contribution is 5.96. The van der Waals surface area contributed by atoms with Gasteiger partial charge in [-0.3, -0.25) is 15.0 Å². The zero-order valence-electron chi connectivity index (χ0n) is 19.0. The summed E-state index contributed by atoms with van der Waals surface area (Å²) in [5, 5.41) is 2.70. The normalized spacial score (nSPS) is 16.3. The van der Waals surface area contributed by atoms with Crippen molar-refractivity contribution < 1.29 is 19.1 Å². The van der Waals surface area contributed by atoms with Crippen molar-refractivity contribution in [3.05, 3.63) is 59.2 Å². The van der Waals surface area contributed by atoms with Gasteiger partial charge in [0.05, 0.1) is 6.61 Å². The van der Waals surface area contributed by atoms with Crippen molar-refractivity contribution in [3.63, 3.8) is 0 Å². The second-order valence-corrected chi connectivity index (χ2v) is 9.32. The number of nitrogens with zero attached hydrogens (tertiary/aromatic N) is 2. The number of benzene rings is 2. The van der Waals surface area contributed by atoms with Gasteiger partial charge in [-0.05, 0) is 56.2 Å². The molecule has 0 saturated carbocycles. The van der Waals surface area contributed by atoms with E-state index in [1.807, 2.05) is 25.7 Å². The van der Waals surface area contributed by atoms with Crippen LogP contribution in [0.3, 0.4) is 0 Å². The number of nitrogens with one attached hydrogen (secondary N) is 1. The van der Waals surface area contributed by atoms with E-state index in [9.17, 15) is 9.59 Å². The molecule has 0 bridgehead atoms. The summed E-state index contributed by atoms with van der Waals surface area (Å²) in [6.45, 7) is 10.1. The van der Waals surface area contributed by atoms with Gasteiger partial charge in [0.2, 0.25) is 0 Å². The lowest BCUT2D eigenvalue weighted by molar-refractivity contribution is 0.0620. The fourth-order valence-electron chi connectivity index (χ4n) is 4.04. The van der Waals surface area contributed by atoms with E-state index >= 15 is 0 Å². The van der Waals surface area contributed by atoms with Gasteiger partial charge in [0, 0.05) is 50.4 Å². The average Bonchev–Trinajstić information content (AvgIpc) is 3.20. The van der Waals surface area contributed by atoms with Gasteiger partial charge >= 0.3 is 6.09 Å². The minimum Gasteiger partial charge on any atom is -0.493 e. The molecule has 2 aliphatic rings. The summed E-state index contributed by atoms with van der Waals surface area (Å²) >= 11 is 0. The molecule has 7 heteroatoms. The van der Waals surface area contributed by atoms with Crippen LogP contribution in [0, 0.1) is 0 Å². The van der Waals surface area contributed by atoms with Gasteiger partial charge in [0.25, 0.3) is 5.91 Å². The summed E-state index contributed by atoms with van der Waals surface area (Å²) in [6, 6.07) is 13.4. The molecule has 0 spiro atoms. The minimum absolute atomic E-state index is 0.0211. The molecule has 0 unspecified atom stereocenters. The Balaban J connectivity index is 1.31. The van der Waals surface area contributed by atoms with Crippen LogP contribution in [0.1, 0.15) is 42.3 Å². The van der Waals surface area contributed by atoms with E-state index in [0.29, 0.717) is 24.3 Å². The van der Waals surface area contributed by atoms with Crippen LogP contribution < -0.4 is 10.1 Å². The van der Waals surface area contributed by atoms with Crippen molar-refractivity contribution in [1.82, 2.24) is 9.80 Å². The number of hydrogen-bond acceptors (Lipinski definition) is 5.